The number of hydrogen-bond acceptors (Lipinski definition) is 2. The Bertz CT molecular complexity index is 330. The van der Waals surface area contributed by atoms with Crippen LogP contribution in [0.3, 0.4) is 0 Å². The first-order valence-electron chi connectivity index (χ1n) is 3.43. The summed E-state index contributed by atoms with van der Waals surface area (Å²) in [7, 11) is 0. The lowest BCUT2D eigenvalue weighted by Crippen LogP contribution is -2.10. The third-order valence-electron chi connectivity index (χ3n) is 1.48. The Balaban J connectivity index is 0.00000196. The maximum atomic E-state index is 12.2. The quantitative estimate of drug-likeness (QED) is 0.635. The molecule has 0 fully saturated rings. The molecule has 0 spiro atoms. The molecule has 2 nitrogen and oxygen atoms in total. The molecule has 2 N–H and O–H groups in total. The fourth-order valence-electron chi connectivity index (χ4n) is 0.844. The number of halogens is 6. The molecule has 0 aliphatic carbocycles. The van der Waals surface area contributed by atoms with Gasteiger partial charge in [-0.3, -0.25) is 0 Å². The topological polar surface area (TPSA) is 24.1 Å². The molecule has 0 aromatic heterocycles. The predicted octanol–water partition coefficient (Wildman–Crippen LogP) is 3.85. The molecule has 15 heavy (non-hydrogen) atoms. The first kappa shape index (κ1) is 14.6. The first-order chi connectivity index (χ1) is 6.45. The number of nitrogens with one attached hydrogen (secondary N) is 2. The van der Waals surface area contributed by atoms with Crippen molar-refractivity contribution in [3.05, 3.63) is 28.8 Å². The van der Waals surface area contributed by atoms with Crippen LogP contribution in [0.2, 0.25) is 5.02 Å². The van der Waals surface area contributed by atoms with Crippen LogP contribution < -0.4 is 10.4 Å². The molecule has 0 heterocycles. The van der Waals surface area contributed by atoms with E-state index < -0.39 is 11.7 Å². The molecule has 86 valence electrons. The molecule has 1 rings (SSSR count). The first-order valence-corrected chi connectivity index (χ1v) is 4.19. The van der Waals surface area contributed by atoms with Gasteiger partial charge in [-0.1, -0.05) is 11.6 Å². The molecule has 0 saturated heterocycles. The van der Waals surface area contributed by atoms with Crippen molar-refractivity contribution in [3.8, 4) is 0 Å². The summed E-state index contributed by atoms with van der Waals surface area (Å²) in [5.74, 6) is 0. The molecular formula is C7H6Cl3F3N2. The van der Waals surface area contributed by atoms with Crippen molar-refractivity contribution < 1.29 is 13.2 Å². The molecule has 0 amide bonds. The van der Waals surface area contributed by atoms with Crippen molar-refractivity contribution in [3.63, 3.8) is 0 Å². The highest BCUT2D eigenvalue weighted by molar-refractivity contribution is 6.33. The number of hydrogen-bond donors (Lipinski definition) is 2. The molecule has 1 aromatic rings. The Morgan fingerprint density at radius 3 is 2.20 bits per heavy atom. The number of alkyl halides is 3. The summed E-state index contributed by atoms with van der Waals surface area (Å²) in [6, 6.07) is 2.90. The Labute approximate surface area is 100 Å². The summed E-state index contributed by atoms with van der Waals surface area (Å²) in [6.45, 7) is 0. The van der Waals surface area contributed by atoms with E-state index in [1.165, 1.54) is 6.07 Å². The van der Waals surface area contributed by atoms with Crippen molar-refractivity contribution in [2.45, 2.75) is 6.18 Å². The molecule has 1 aromatic carbocycles. The minimum absolute atomic E-state index is 0. The average Bonchev–Trinajstić information content (AvgIpc) is 2.07. The Morgan fingerprint density at radius 1 is 1.20 bits per heavy atom. The van der Waals surface area contributed by atoms with E-state index in [0.29, 0.717) is 0 Å². The van der Waals surface area contributed by atoms with Gasteiger partial charge in [0.2, 0.25) is 0 Å². The third-order valence-corrected chi connectivity index (χ3v) is 1.89. The molecular weight excluding hydrogens is 275 g/mol. The monoisotopic (exact) mass is 280 g/mol. The summed E-state index contributed by atoms with van der Waals surface area (Å²) in [5.41, 5.74) is 1.84. The molecule has 0 aliphatic rings. The zero-order valence-electron chi connectivity index (χ0n) is 7.03. The molecule has 0 saturated carbocycles. The summed E-state index contributed by atoms with van der Waals surface area (Å²) >= 11 is 10.6. The molecule has 0 atom stereocenters. The van der Waals surface area contributed by atoms with Crippen LogP contribution in [0.1, 0.15) is 5.56 Å². The van der Waals surface area contributed by atoms with Gasteiger partial charge in [-0.2, -0.15) is 13.2 Å². The van der Waals surface area contributed by atoms with E-state index in [9.17, 15) is 13.2 Å². The van der Waals surface area contributed by atoms with Crippen LogP contribution in [0.15, 0.2) is 18.2 Å². The van der Waals surface area contributed by atoms with Crippen LogP contribution in [0.5, 0.6) is 0 Å². The van der Waals surface area contributed by atoms with Crippen LogP contribution in [0.4, 0.5) is 18.9 Å². The van der Waals surface area contributed by atoms with Gasteiger partial charge < -0.3 is 5.43 Å². The SMILES string of the molecule is Cl.FC(F)(F)c1ccc(NNCl)c(Cl)c1. The van der Waals surface area contributed by atoms with Crippen LogP contribution in [-0.4, -0.2) is 0 Å². The minimum atomic E-state index is -4.39. The van der Waals surface area contributed by atoms with E-state index in [1.807, 2.05) is 4.94 Å². The van der Waals surface area contributed by atoms with Gasteiger partial charge in [0.05, 0.1) is 16.3 Å². The number of anilines is 1. The van der Waals surface area contributed by atoms with Crippen LogP contribution >= 0.6 is 35.8 Å². The largest absolute Gasteiger partial charge is 0.416 e. The predicted molar refractivity (Wildman–Crippen MR) is 56.3 cm³/mol. The Morgan fingerprint density at radius 2 is 1.80 bits per heavy atom. The van der Waals surface area contributed by atoms with Gasteiger partial charge in [0.1, 0.15) is 0 Å². The molecule has 0 aliphatic heterocycles. The lowest BCUT2D eigenvalue weighted by molar-refractivity contribution is -0.137. The number of benzene rings is 1. The smallest absolute Gasteiger partial charge is 0.306 e. The van der Waals surface area contributed by atoms with E-state index >= 15 is 0 Å². The van der Waals surface area contributed by atoms with Gasteiger partial charge in [0.25, 0.3) is 0 Å². The van der Waals surface area contributed by atoms with Crippen molar-refractivity contribution in [1.82, 2.24) is 4.94 Å². The number of rotatable bonds is 2. The highest BCUT2D eigenvalue weighted by Crippen LogP contribution is 2.33. The normalized spacial score (nSPS) is 10.7. The van der Waals surface area contributed by atoms with Gasteiger partial charge in [0.15, 0.2) is 0 Å². The van der Waals surface area contributed by atoms with Crippen molar-refractivity contribution in [2.24, 2.45) is 0 Å². The van der Waals surface area contributed by atoms with Gasteiger partial charge >= 0.3 is 6.18 Å². The Hall–Kier alpha value is -0.360. The standard InChI is InChI=1S/C7H5Cl2F3N2.ClH/c8-5-3-4(7(10,11)12)1-2-6(5)13-14-9;/h1-3,13-14H;1H. The van der Waals surface area contributed by atoms with Crippen LogP contribution in [-0.2, 0) is 6.18 Å². The van der Waals surface area contributed by atoms with Gasteiger partial charge in [-0.05, 0) is 30.0 Å². The highest BCUT2D eigenvalue weighted by atomic mass is 35.5. The molecule has 0 bridgehead atoms. The fourth-order valence-corrected chi connectivity index (χ4v) is 1.17. The van der Waals surface area contributed by atoms with Crippen molar-refractivity contribution in [2.75, 3.05) is 5.43 Å². The van der Waals surface area contributed by atoms with E-state index in [4.69, 9.17) is 23.4 Å². The summed E-state index contributed by atoms with van der Waals surface area (Å²) in [4.78, 5) is 2.04. The molecule has 0 radical (unpaired) electrons. The fraction of sp³-hybridized carbons (Fsp3) is 0.143. The summed E-state index contributed by atoms with van der Waals surface area (Å²) in [6.07, 6.45) is -4.39. The van der Waals surface area contributed by atoms with Crippen molar-refractivity contribution >= 4 is 41.5 Å². The van der Waals surface area contributed by atoms with Gasteiger partial charge in [-0.15, -0.1) is 17.4 Å². The second kappa shape index (κ2) is 5.65. The Kier molecular flexibility index (Phi) is 5.51. The van der Waals surface area contributed by atoms with Crippen molar-refractivity contribution in [1.29, 1.82) is 0 Å². The zero-order valence-corrected chi connectivity index (χ0v) is 9.36. The van der Waals surface area contributed by atoms with E-state index in [1.54, 1.807) is 0 Å². The van der Waals surface area contributed by atoms with Gasteiger partial charge in [0, 0.05) is 0 Å². The average molecular weight is 281 g/mol. The minimum Gasteiger partial charge on any atom is -0.306 e. The number of hydrazine groups is 1. The lowest BCUT2D eigenvalue weighted by atomic mass is 10.2. The van der Waals surface area contributed by atoms with Gasteiger partial charge in [-0.25, -0.2) is 0 Å². The second-order valence-corrected chi connectivity index (χ2v) is 3.01. The second-order valence-electron chi connectivity index (χ2n) is 2.41. The highest BCUT2D eigenvalue weighted by Gasteiger charge is 2.30. The maximum Gasteiger partial charge on any atom is 0.416 e. The summed E-state index contributed by atoms with van der Waals surface area (Å²) in [5, 5.41) is -0.0621. The van der Waals surface area contributed by atoms with E-state index in [0.717, 1.165) is 12.1 Å². The lowest BCUT2D eigenvalue weighted by Gasteiger charge is -2.09. The molecule has 0 unspecified atom stereocenters. The van der Waals surface area contributed by atoms with E-state index in [2.05, 4.69) is 5.43 Å². The van der Waals surface area contributed by atoms with Crippen LogP contribution in [0.25, 0.3) is 0 Å². The molecule has 8 heteroatoms. The van der Waals surface area contributed by atoms with E-state index in [-0.39, 0.29) is 23.1 Å². The van der Waals surface area contributed by atoms with Crippen LogP contribution in [0, 0.1) is 0 Å². The zero-order chi connectivity index (χ0) is 10.8. The summed E-state index contributed by atoms with van der Waals surface area (Å²) < 4.78 is 36.5. The third kappa shape index (κ3) is 3.95. The maximum absolute atomic E-state index is 12.2.